The van der Waals surface area contributed by atoms with Crippen molar-refractivity contribution in [2.75, 3.05) is 26.2 Å². The molecule has 5 nitrogen and oxygen atoms in total. The fourth-order valence-electron chi connectivity index (χ4n) is 1.17. The van der Waals surface area contributed by atoms with E-state index in [2.05, 4.69) is 5.32 Å². The highest BCUT2D eigenvalue weighted by Gasteiger charge is 2.28. The van der Waals surface area contributed by atoms with Crippen LogP contribution in [0, 0.1) is 0 Å². The molecule has 0 radical (unpaired) electrons. The van der Waals surface area contributed by atoms with Crippen molar-refractivity contribution < 1.29 is 9.90 Å². The number of nitrogens with one attached hydrogen (secondary N) is 1. The van der Waals surface area contributed by atoms with Crippen molar-refractivity contribution in [1.82, 2.24) is 10.2 Å². The summed E-state index contributed by atoms with van der Waals surface area (Å²) in [4.78, 5) is 12.1. The summed E-state index contributed by atoms with van der Waals surface area (Å²) in [5, 5.41) is 11.7. The van der Waals surface area contributed by atoms with E-state index in [0.717, 1.165) is 13.0 Å². The van der Waals surface area contributed by atoms with Gasteiger partial charge in [0.2, 0.25) is 0 Å². The molecule has 70 valence electrons. The maximum absolute atomic E-state index is 10.5. The monoisotopic (exact) mass is 173 g/mol. The van der Waals surface area contributed by atoms with Crippen LogP contribution in [0.15, 0.2) is 0 Å². The first-order valence-electron chi connectivity index (χ1n) is 4.12. The predicted molar refractivity (Wildman–Crippen MR) is 44.6 cm³/mol. The Bertz CT molecular complexity index is 157. The highest BCUT2D eigenvalue weighted by atomic mass is 16.3. The Balaban J connectivity index is 1.98. The number of aliphatic hydroxyl groups excluding tert-OH is 1. The molecule has 0 saturated carbocycles. The molecule has 0 aliphatic carbocycles. The number of urea groups is 1. The van der Waals surface area contributed by atoms with Gasteiger partial charge in [-0.1, -0.05) is 0 Å². The minimum atomic E-state index is -0.352. The van der Waals surface area contributed by atoms with E-state index in [1.54, 1.807) is 4.90 Å². The Morgan fingerprint density at radius 2 is 2.33 bits per heavy atom. The molecule has 1 fully saturated rings. The Labute approximate surface area is 71.5 Å². The maximum atomic E-state index is 10.5. The van der Waals surface area contributed by atoms with E-state index in [4.69, 9.17) is 10.8 Å². The van der Waals surface area contributed by atoms with E-state index in [-0.39, 0.29) is 12.6 Å². The summed E-state index contributed by atoms with van der Waals surface area (Å²) >= 11 is 0. The van der Waals surface area contributed by atoms with Crippen LogP contribution in [0.5, 0.6) is 0 Å². The van der Waals surface area contributed by atoms with Gasteiger partial charge in [0.05, 0.1) is 0 Å². The van der Waals surface area contributed by atoms with E-state index in [1.807, 2.05) is 0 Å². The van der Waals surface area contributed by atoms with Crippen molar-refractivity contribution in [3.63, 3.8) is 0 Å². The van der Waals surface area contributed by atoms with Gasteiger partial charge in [-0.2, -0.15) is 0 Å². The van der Waals surface area contributed by atoms with E-state index >= 15 is 0 Å². The molecule has 0 spiro atoms. The number of likely N-dealkylation sites (tertiary alicyclic amines) is 1. The first kappa shape index (κ1) is 9.28. The van der Waals surface area contributed by atoms with Gasteiger partial charge in [-0.3, -0.25) is 0 Å². The first-order chi connectivity index (χ1) is 5.74. The number of nitrogens with two attached hydrogens (primary N) is 1. The molecule has 0 bridgehead atoms. The zero-order valence-corrected chi connectivity index (χ0v) is 6.99. The number of aliphatic hydroxyl groups is 1. The lowest BCUT2D eigenvalue weighted by Crippen LogP contribution is -2.61. The second-order valence-corrected chi connectivity index (χ2v) is 2.97. The van der Waals surface area contributed by atoms with E-state index in [9.17, 15) is 4.79 Å². The third kappa shape index (κ3) is 2.35. The molecule has 5 heteroatoms. The molecule has 0 atom stereocenters. The summed E-state index contributed by atoms with van der Waals surface area (Å²) in [5.74, 6) is 0. The standard InChI is InChI=1S/C7H15N3O2/c8-7(12)10-4-6(5-10)9-2-1-3-11/h6,9,11H,1-5H2,(H2,8,12). The van der Waals surface area contributed by atoms with Gasteiger partial charge in [0.1, 0.15) is 0 Å². The predicted octanol–water partition coefficient (Wildman–Crippen LogP) is -1.28. The zero-order chi connectivity index (χ0) is 8.97. The van der Waals surface area contributed by atoms with Crippen LogP contribution in [0.25, 0.3) is 0 Å². The van der Waals surface area contributed by atoms with E-state index in [0.29, 0.717) is 19.1 Å². The number of hydrogen-bond donors (Lipinski definition) is 3. The summed E-state index contributed by atoms with van der Waals surface area (Å²) < 4.78 is 0. The Hall–Kier alpha value is -0.810. The summed E-state index contributed by atoms with van der Waals surface area (Å²) in [5.41, 5.74) is 5.03. The molecule has 1 saturated heterocycles. The average Bonchev–Trinajstić information content (AvgIpc) is 1.93. The van der Waals surface area contributed by atoms with Crippen LogP contribution in [0.4, 0.5) is 4.79 Å². The fraction of sp³-hybridized carbons (Fsp3) is 0.857. The molecular weight excluding hydrogens is 158 g/mol. The second kappa shape index (κ2) is 4.27. The molecule has 0 aromatic rings. The number of nitrogens with zero attached hydrogens (tertiary/aromatic N) is 1. The molecule has 1 aliphatic heterocycles. The molecule has 0 aromatic carbocycles. The average molecular weight is 173 g/mol. The molecule has 1 rings (SSSR count). The molecule has 0 unspecified atom stereocenters. The van der Waals surface area contributed by atoms with Crippen LogP contribution in [-0.4, -0.2) is 48.3 Å². The molecule has 1 aliphatic rings. The van der Waals surface area contributed by atoms with Crippen LogP contribution < -0.4 is 11.1 Å². The van der Waals surface area contributed by atoms with Crippen molar-refractivity contribution in [3.05, 3.63) is 0 Å². The van der Waals surface area contributed by atoms with Gasteiger partial charge < -0.3 is 21.1 Å². The Kier molecular flexibility index (Phi) is 3.31. The van der Waals surface area contributed by atoms with Crippen LogP contribution in [0.3, 0.4) is 0 Å². The topological polar surface area (TPSA) is 78.6 Å². The molecule has 1 heterocycles. The van der Waals surface area contributed by atoms with Crippen LogP contribution in [0.2, 0.25) is 0 Å². The highest BCUT2D eigenvalue weighted by Crippen LogP contribution is 2.05. The summed E-state index contributed by atoms with van der Waals surface area (Å²) in [6.07, 6.45) is 0.757. The Morgan fingerprint density at radius 1 is 1.67 bits per heavy atom. The number of hydrogen-bond acceptors (Lipinski definition) is 3. The van der Waals surface area contributed by atoms with Crippen molar-refractivity contribution in [2.24, 2.45) is 5.73 Å². The molecule has 12 heavy (non-hydrogen) atoms. The molecule has 4 N–H and O–H groups in total. The normalized spacial score (nSPS) is 17.6. The zero-order valence-electron chi connectivity index (χ0n) is 6.99. The molecular formula is C7H15N3O2. The summed E-state index contributed by atoms with van der Waals surface area (Å²) in [6, 6.07) is 0.0132. The largest absolute Gasteiger partial charge is 0.396 e. The van der Waals surface area contributed by atoms with Crippen LogP contribution in [0.1, 0.15) is 6.42 Å². The van der Waals surface area contributed by atoms with Gasteiger partial charge in [-0.05, 0) is 13.0 Å². The second-order valence-electron chi connectivity index (χ2n) is 2.97. The third-order valence-corrected chi connectivity index (χ3v) is 1.96. The van der Waals surface area contributed by atoms with Crippen molar-refractivity contribution >= 4 is 6.03 Å². The van der Waals surface area contributed by atoms with Gasteiger partial charge in [0.15, 0.2) is 0 Å². The molecule has 2 amide bonds. The lowest BCUT2D eigenvalue weighted by atomic mass is 10.1. The van der Waals surface area contributed by atoms with Crippen molar-refractivity contribution in [3.8, 4) is 0 Å². The van der Waals surface area contributed by atoms with Gasteiger partial charge in [-0.25, -0.2) is 4.79 Å². The number of rotatable bonds is 4. The smallest absolute Gasteiger partial charge is 0.314 e. The van der Waals surface area contributed by atoms with Gasteiger partial charge in [0.25, 0.3) is 0 Å². The number of carbonyl (C=O) groups is 1. The van der Waals surface area contributed by atoms with Gasteiger partial charge in [-0.15, -0.1) is 0 Å². The van der Waals surface area contributed by atoms with Crippen molar-refractivity contribution in [2.45, 2.75) is 12.5 Å². The summed E-state index contributed by atoms with van der Waals surface area (Å²) in [6.45, 7) is 2.40. The summed E-state index contributed by atoms with van der Waals surface area (Å²) in [7, 11) is 0. The SMILES string of the molecule is NC(=O)N1CC(NCCCO)C1. The minimum Gasteiger partial charge on any atom is -0.396 e. The van der Waals surface area contributed by atoms with Crippen LogP contribution in [-0.2, 0) is 0 Å². The third-order valence-electron chi connectivity index (χ3n) is 1.96. The quantitative estimate of drug-likeness (QED) is 0.463. The number of amides is 2. The number of carbonyl (C=O) groups excluding carboxylic acids is 1. The molecule has 0 aromatic heterocycles. The van der Waals surface area contributed by atoms with Gasteiger partial charge >= 0.3 is 6.03 Å². The minimum absolute atomic E-state index is 0.208. The van der Waals surface area contributed by atoms with E-state index in [1.165, 1.54) is 0 Å². The lowest BCUT2D eigenvalue weighted by Gasteiger charge is -2.38. The van der Waals surface area contributed by atoms with Gasteiger partial charge in [0, 0.05) is 25.7 Å². The first-order valence-corrected chi connectivity index (χ1v) is 4.12. The van der Waals surface area contributed by atoms with Crippen LogP contribution >= 0.6 is 0 Å². The van der Waals surface area contributed by atoms with Crippen molar-refractivity contribution in [1.29, 1.82) is 0 Å². The lowest BCUT2D eigenvalue weighted by molar-refractivity contribution is 0.144. The maximum Gasteiger partial charge on any atom is 0.314 e. The fourth-order valence-corrected chi connectivity index (χ4v) is 1.17. The van der Waals surface area contributed by atoms with E-state index < -0.39 is 0 Å². The Morgan fingerprint density at radius 3 is 2.83 bits per heavy atom. The highest BCUT2D eigenvalue weighted by molar-refractivity contribution is 5.73. The number of primary amides is 1.